The first-order valence-electron chi connectivity index (χ1n) is 22.0. The fourth-order valence-electron chi connectivity index (χ4n) is 8.46. The Morgan fingerprint density at radius 1 is 0.400 bits per heavy atom. The highest BCUT2D eigenvalue weighted by Crippen LogP contribution is 2.41. The third-order valence-electron chi connectivity index (χ3n) is 10.9. The lowest BCUT2D eigenvalue weighted by atomic mass is 9.83. The van der Waals surface area contributed by atoms with Crippen molar-refractivity contribution in [2.24, 2.45) is 30.7 Å². The Labute approximate surface area is 420 Å². The van der Waals surface area contributed by atoms with Gasteiger partial charge in [0.05, 0.1) is 31.3 Å². The van der Waals surface area contributed by atoms with E-state index in [0.717, 1.165) is 48.5 Å². The van der Waals surface area contributed by atoms with Crippen LogP contribution in [0.4, 0.5) is 0 Å². The van der Waals surface area contributed by atoms with Crippen molar-refractivity contribution >= 4 is 41.8 Å². The first kappa shape index (κ1) is 59.5. The van der Waals surface area contributed by atoms with Crippen LogP contribution >= 0.6 is 0 Å². The van der Waals surface area contributed by atoms with Gasteiger partial charge in [-0.25, -0.2) is 0 Å². The van der Waals surface area contributed by atoms with Crippen molar-refractivity contribution < 1.29 is 95.1 Å². The molecule has 1 saturated carbocycles. The molecule has 75 heavy (non-hydrogen) atoms. The maximum absolute atomic E-state index is 13.0. The summed E-state index contributed by atoms with van der Waals surface area (Å²) in [5, 5.41) is 21.8. The van der Waals surface area contributed by atoms with E-state index in [4.69, 9.17) is 61.6 Å². The molecule has 3 heterocycles. The van der Waals surface area contributed by atoms with E-state index in [-0.39, 0.29) is 0 Å². The SMILES string of the molecule is CC(=O)OC[C@H]1O[C@@H](O[C@@H]2[C@@H](OC(C)=O)[C@H](N=[N+]=[N-])C[C@H](N=[N+]=[N-])[C@H]2O[C@H]2O[C@H](CN=[N+]=[N-])[C@@H](OC(C)=O)[C@H](OC(C)=O)[C@H]2N=[N+]=[N-])[C@H](OC(C)=O)[C@@H]1O[C@H]1O[C@@H](CN=[N+]=[N-])[C@@H](OC(C)=O)[C@H](OC(C)=O)[C@H]1N=[N+]=[N-]. The minimum atomic E-state index is -2.05. The second-order valence-electron chi connectivity index (χ2n) is 16.2. The second kappa shape index (κ2) is 28.4. The predicted octanol–water partition coefficient (Wildman–Crippen LogP) is 3.21. The molecule has 0 N–H and O–H groups in total. The lowest BCUT2D eigenvalue weighted by Gasteiger charge is -2.48. The van der Waals surface area contributed by atoms with Gasteiger partial charge in [0.2, 0.25) is 0 Å². The topological polar surface area (TPSA) is 532 Å². The Kier molecular flexibility index (Phi) is 22.5. The van der Waals surface area contributed by atoms with Crippen LogP contribution in [0.5, 0.6) is 0 Å². The monoisotopic (exact) mass is 1060 g/mol. The van der Waals surface area contributed by atoms with Gasteiger partial charge in [0, 0.05) is 77.9 Å². The number of carbonyl (C=O) groups is 7. The van der Waals surface area contributed by atoms with Crippen molar-refractivity contribution in [1.82, 2.24) is 0 Å². The number of hydrogen-bond acceptors (Lipinski definition) is 26. The standard InChI is InChI=1S/C37H48N18O20/c1-12(56)63-11-23-30(74-36-25(49-55-43)32(68-17(6)61)29(66-15(4)59)22(71-36)10-45-51-39)34(69-18(7)62)37(72-23)75-33-26(64-13(2)57)19(46-52-40)8-20(47-53-41)27(33)73-35-24(48-54-42)31(67-16(5)60)28(65-14(3)58)21(70-35)9-44-50-38/h19-37H,8-11H2,1-7H3/t19-,20+,21-,22+,23-,24-,25-,26+,27-,28-,29-,30-,31-,32-,33-,34-,35-,36-,37+/m1/s1. The molecule has 3 saturated heterocycles. The van der Waals surface area contributed by atoms with Crippen LogP contribution in [0.1, 0.15) is 54.9 Å². The van der Waals surface area contributed by atoms with E-state index in [0.29, 0.717) is 0 Å². The van der Waals surface area contributed by atoms with Gasteiger partial charge in [-0.3, -0.25) is 33.6 Å². The molecular formula is C37H48N18O20. The van der Waals surface area contributed by atoms with Crippen LogP contribution in [0.25, 0.3) is 62.7 Å². The molecule has 1 aliphatic carbocycles. The van der Waals surface area contributed by atoms with Gasteiger partial charge in [-0.05, 0) is 39.6 Å². The lowest BCUT2D eigenvalue weighted by Crippen LogP contribution is -2.65. The first-order chi connectivity index (χ1) is 35.7. The molecule has 4 rings (SSSR count). The van der Waals surface area contributed by atoms with Crippen LogP contribution in [0.3, 0.4) is 0 Å². The van der Waals surface area contributed by atoms with Crippen molar-refractivity contribution in [3.8, 4) is 0 Å². The quantitative estimate of drug-likeness (QED) is 0.0494. The largest absolute Gasteiger partial charge is 0.463 e. The van der Waals surface area contributed by atoms with Crippen LogP contribution < -0.4 is 0 Å². The van der Waals surface area contributed by atoms with E-state index in [1.807, 2.05) is 0 Å². The van der Waals surface area contributed by atoms with Crippen LogP contribution in [0.2, 0.25) is 0 Å². The van der Waals surface area contributed by atoms with Gasteiger partial charge in [-0.15, -0.1) is 0 Å². The Morgan fingerprint density at radius 2 is 0.760 bits per heavy atom. The first-order valence-corrected chi connectivity index (χ1v) is 22.0. The maximum atomic E-state index is 13.0. The molecule has 0 aromatic rings. The molecule has 0 unspecified atom stereocenters. The van der Waals surface area contributed by atoms with Crippen LogP contribution in [-0.4, -0.2) is 178 Å². The van der Waals surface area contributed by atoms with Crippen molar-refractivity contribution in [3.63, 3.8) is 0 Å². The fourth-order valence-corrected chi connectivity index (χ4v) is 8.46. The van der Waals surface area contributed by atoms with Gasteiger partial charge in [0.15, 0.2) is 49.4 Å². The van der Waals surface area contributed by atoms with E-state index in [1.54, 1.807) is 0 Å². The average Bonchev–Trinajstić information content (AvgIpc) is 3.63. The summed E-state index contributed by atoms with van der Waals surface area (Å²) in [7, 11) is 0. The van der Waals surface area contributed by atoms with E-state index < -0.39 is 184 Å². The number of ether oxygens (including phenoxy) is 13. The molecule has 4 aliphatic rings. The highest BCUT2D eigenvalue weighted by atomic mass is 16.8. The van der Waals surface area contributed by atoms with Gasteiger partial charge in [0.1, 0.15) is 55.3 Å². The molecule has 3 aliphatic heterocycles. The zero-order chi connectivity index (χ0) is 55.5. The molecule has 38 nitrogen and oxygen atoms in total. The van der Waals surface area contributed by atoms with Gasteiger partial charge < -0.3 is 61.6 Å². The highest BCUT2D eigenvalue weighted by Gasteiger charge is 2.59. The maximum Gasteiger partial charge on any atom is 0.303 e. The number of nitrogens with zero attached hydrogens (tertiary/aromatic N) is 18. The second-order valence-corrected chi connectivity index (χ2v) is 16.2. The predicted molar refractivity (Wildman–Crippen MR) is 235 cm³/mol. The molecule has 19 atom stereocenters. The number of rotatable bonds is 22. The molecule has 0 amide bonds. The van der Waals surface area contributed by atoms with Crippen LogP contribution in [0.15, 0.2) is 30.7 Å². The van der Waals surface area contributed by atoms with Crippen molar-refractivity contribution in [2.45, 2.75) is 171 Å². The fraction of sp³-hybridized carbons (Fsp3) is 0.811. The minimum Gasteiger partial charge on any atom is -0.463 e. The molecule has 0 aromatic carbocycles. The van der Waals surface area contributed by atoms with Gasteiger partial charge in [-0.1, -0.05) is 30.7 Å². The molecule has 406 valence electrons. The third-order valence-corrected chi connectivity index (χ3v) is 10.9. The smallest absolute Gasteiger partial charge is 0.303 e. The summed E-state index contributed by atoms with van der Waals surface area (Å²) in [6.45, 7) is 4.73. The third kappa shape index (κ3) is 16.2. The van der Waals surface area contributed by atoms with Crippen LogP contribution in [-0.2, 0) is 95.1 Å². The molecule has 0 radical (unpaired) electrons. The summed E-state index contributed by atoms with van der Waals surface area (Å²) >= 11 is 0. The number of azide groups is 6. The van der Waals surface area contributed by atoms with E-state index >= 15 is 0 Å². The number of esters is 7. The van der Waals surface area contributed by atoms with E-state index in [9.17, 15) is 66.7 Å². The van der Waals surface area contributed by atoms with Crippen LogP contribution in [0, 0.1) is 0 Å². The van der Waals surface area contributed by atoms with Crippen molar-refractivity contribution in [1.29, 1.82) is 0 Å². The zero-order valence-corrected chi connectivity index (χ0v) is 40.5. The lowest BCUT2D eigenvalue weighted by molar-refractivity contribution is -0.309. The van der Waals surface area contributed by atoms with Gasteiger partial charge in [0.25, 0.3) is 0 Å². The van der Waals surface area contributed by atoms with Crippen molar-refractivity contribution in [3.05, 3.63) is 62.7 Å². The van der Waals surface area contributed by atoms with Gasteiger partial charge in [-0.2, -0.15) is 0 Å². The number of carbonyl (C=O) groups excluding carboxylic acids is 7. The van der Waals surface area contributed by atoms with Crippen molar-refractivity contribution in [2.75, 3.05) is 19.7 Å². The van der Waals surface area contributed by atoms with E-state index in [2.05, 4.69) is 60.2 Å². The Morgan fingerprint density at radius 3 is 1.16 bits per heavy atom. The van der Waals surface area contributed by atoms with Gasteiger partial charge >= 0.3 is 41.8 Å². The summed E-state index contributed by atoms with van der Waals surface area (Å²) in [4.78, 5) is 105. The molecule has 0 spiro atoms. The zero-order valence-electron chi connectivity index (χ0n) is 40.5. The summed E-state index contributed by atoms with van der Waals surface area (Å²) in [6, 6.07) is -6.72. The molecular weight excluding hydrogens is 1020 g/mol. The Bertz CT molecular complexity index is 2440. The Balaban J connectivity index is 1.96. The summed E-state index contributed by atoms with van der Waals surface area (Å²) in [5.74, 6) is -6.91. The average molecular weight is 1060 g/mol. The van der Waals surface area contributed by atoms with E-state index in [1.165, 1.54) is 0 Å². The molecule has 38 heteroatoms. The molecule has 4 fully saturated rings. The number of hydrogen-bond donors (Lipinski definition) is 0. The Hall–Kier alpha value is -8.09. The summed E-state index contributed by atoms with van der Waals surface area (Å²) in [5.41, 5.74) is 57.5. The minimum absolute atomic E-state index is 0.504. The molecule has 0 bridgehead atoms. The summed E-state index contributed by atoms with van der Waals surface area (Å²) < 4.78 is 75.9. The summed E-state index contributed by atoms with van der Waals surface area (Å²) in [6.07, 6.45) is -27.4. The normalized spacial score (nSPS) is 33.6. The molecule has 0 aromatic heterocycles. The highest BCUT2D eigenvalue weighted by molar-refractivity contribution is 5.69.